The second-order valence-electron chi connectivity index (χ2n) is 3.37. The van der Waals surface area contributed by atoms with Crippen molar-refractivity contribution in [3.8, 4) is 5.88 Å². The van der Waals surface area contributed by atoms with Crippen molar-refractivity contribution in [2.75, 3.05) is 0 Å². The number of hydrogen-bond donors (Lipinski definition) is 0. The van der Waals surface area contributed by atoms with E-state index in [2.05, 4.69) is 25.7 Å². The van der Waals surface area contributed by atoms with Crippen molar-refractivity contribution < 1.29 is 39.9 Å². The third-order valence-corrected chi connectivity index (χ3v) is 2.58. The summed E-state index contributed by atoms with van der Waals surface area (Å²) >= 11 is 2.63. The van der Waals surface area contributed by atoms with Crippen molar-refractivity contribution in [2.24, 2.45) is 0 Å². The number of hydrogen-bond acceptors (Lipinski definition) is 2. The summed E-state index contributed by atoms with van der Waals surface area (Å²) in [5.41, 5.74) is -3.79. The minimum atomic E-state index is -5.44. The molecular weight excluding hydrogens is 370 g/mol. The minimum Gasteiger partial charge on any atom is -0.387 e. The Hall–Kier alpha value is -1.13. The molecule has 0 spiro atoms. The van der Waals surface area contributed by atoms with Gasteiger partial charge in [-0.25, -0.2) is 13.8 Å². The van der Waals surface area contributed by atoms with Crippen LogP contribution < -0.4 is 4.74 Å². The zero-order chi connectivity index (χ0) is 15.7. The first-order valence-corrected chi connectivity index (χ1v) is 5.78. The summed E-state index contributed by atoms with van der Waals surface area (Å²) in [5, 5.41) is -0.521. The highest BCUT2D eigenvalue weighted by Crippen LogP contribution is 2.39. The Labute approximate surface area is 114 Å². The number of nitrogens with zero attached hydrogens (tertiary/aromatic N) is 1. The van der Waals surface area contributed by atoms with E-state index in [0.29, 0.717) is 0 Å². The van der Waals surface area contributed by atoms with Crippen LogP contribution in [0.3, 0.4) is 0 Å². The molecule has 0 saturated carbocycles. The Morgan fingerprint density at radius 2 is 1.70 bits per heavy atom. The summed E-state index contributed by atoms with van der Waals surface area (Å²) in [6, 6.07) is 0.236. The van der Waals surface area contributed by atoms with Crippen molar-refractivity contribution >= 4 is 15.9 Å². The highest BCUT2D eigenvalue weighted by molar-refractivity contribution is 9.08. The van der Waals surface area contributed by atoms with E-state index in [1.54, 1.807) is 0 Å². The van der Waals surface area contributed by atoms with E-state index in [4.69, 9.17) is 0 Å². The molecule has 20 heavy (non-hydrogen) atoms. The van der Waals surface area contributed by atoms with Crippen molar-refractivity contribution in [1.29, 1.82) is 0 Å². The van der Waals surface area contributed by atoms with Crippen LogP contribution in [-0.2, 0) is 11.5 Å². The van der Waals surface area contributed by atoms with Gasteiger partial charge in [-0.05, 0) is 11.6 Å². The monoisotopic (exact) mass is 373 g/mol. The lowest BCUT2D eigenvalue weighted by Crippen LogP contribution is -2.21. The highest BCUT2D eigenvalue weighted by Gasteiger charge is 2.39. The molecule has 0 aliphatic heterocycles. The van der Waals surface area contributed by atoms with Crippen molar-refractivity contribution in [2.45, 2.75) is 24.3 Å². The average molecular weight is 374 g/mol. The maximum atomic E-state index is 12.7. The number of aromatic nitrogens is 1. The van der Waals surface area contributed by atoms with Gasteiger partial charge in [-0.15, -0.1) is 13.2 Å². The molecule has 11 heteroatoms. The Morgan fingerprint density at radius 1 is 1.15 bits per heavy atom. The summed E-state index contributed by atoms with van der Waals surface area (Å²) in [6.07, 6.45) is -14.0. The normalized spacial score (nSPS) is 12.9. The fourth-order valence-corrected chi connectivity index (χ4v) is 1.72. The van der Waals surface area contributed by atoms with Gasteiger partial charge in [0.05, 0.1) is 5.56 Å². The number of ether oxygens (including phenoxy) is 1. The zero-order valence-corrected chi connectivity index (χ0v) is 10.7. The molecule has 2 nitrogen and oxygen atoms in total. The largest absolute Gasteiger partial charge is 0.574 e. The standard InChI is InChI=1S/C9H4BrF8NO/c10-2-3-1-4(8(13,14)15)19-7(5(3)6(11)12)20-9(16,17)18/h1,6H,2H2. The van der Waals surface area contributed by atoms with E-state index in [9.17, 15) is 35.1 Å². The SMILES string of the molecule is FC(F)c1c(CBr)cc(C(F)(F)F)nc1OC(F)(F)F. The molecule has 0 saturated heterocycles. The third kappa shape index (κ3) is 4.18. The van der Waals surface area contributed by atoms with Crippen LogP contribution in [0.2, 0.25) is 0 Å². The van der Waals surface area contributed by atoms with Gasteiger partial charge in [-0.1, -0.05) is 15.9 Å². The van der Waals surface area contributed by atoms with Gasteiger partial charge < -0.3 is 4.74 Å². The van der Waals surface area contributed by atoms with Crippen LogP contribution in [0.25, 0.3) is 0 Å². The molecule has 0 N–H and O–H groups in total. The molecular formula is C9H4BrF8NO. The number of alkyl halides is 9. The third-order valence-electron chi connectivity index (χ3n) is 1.97. The van der Waals surface area contributed by atoms with Gasteiger partial charge in [-0.2, -0.15) is 13.2 Å². The van der Waals surface area contributed by atoms with Crippen LogP contribution in [0.4, 0.5) is 35.1 Å². The molecule has 1 rings (SSSR count). The fourth-order valence-electron chi connectivity index (χ4n) is 1.26. The summed E-state index contributed by atoms with van der Waals surface area (Å²) in [7, 11) is 0. The first kappa shape index (κ1) is 16.9. The van der Waals surface area contributed by atoms with Gasteiger partial charge in [0.15, 0.2) is 0 Å². The lowest BCUT2D eigenvalue weighted by atomic mass is 10.1. The lowest BCUT2D eigenvalue weighted by Gasteiger charge is -2.17. The summed E-state index contributed by atoms with van der Waals surface area (Å²) in [5.74, 6) is -1.81. The van der Waals surface area contributed by atoms with Gasteiger partial charge >= 0.3 is 12.5 Å². The number of halogens is 9. The molecule has 0 fully saturated rings. The Kier molecular flexibility index (Phi) is 4.82. The number of pyridine rings is 1. The lowest BCUT2D eigenvalue weighted by molar-refractivity contribution is -0.277. The molecule has 0 aliphatic rings. The van der Waals surface area contributed by atoms with Gasteiger partial charge in [0, 0.05) is 5.33 Å². The summed E-state index contributed by atoms with van der Waals surface area (Å²) in [4.78, 5) is 2.49. The van der Waals surface area contributed by atoms with Gasteiger partial charge in [0.1, 0.15) is 5.69 Å². The number of rotatable bonds is 3. The van der Waals surface area contributed by atoms with E-state index in [1.807, 2.05) is 0 Å². The van der Waals surface area contributed by atoms with Crippen LogP contribution in [0.15, 0.2) is 6.07 Å². The molecule has 114 valence electrons. The molecule has 0 radical (unpaired) electrons. The molecule has 0 atom stereocenters. The van der Waals surface area contributed by atoms with E-state index in [-0.39, 0.29) is 6.07 Å². The second kappa shape index (κ2) is 5.70. The Balaban J connectivity index is 3.50. The predicted molar refractivity (Wildman–Crippen MR) is 53.5 cm³/mol. The van der Waals surface area contributed by atoms with E-state index in [1.165, 1.54) is 0 Å². The van der Waals surface area contributed by atoms with E-state index < -0.39 is 47.0 Å². The van der Waals surface area contributed by atoms with Crippen LogP contribution in [0, 0.1) is 0 Å². The average Bonchev–Trinajstić information content (AvgIpc) is 2.23. The maximum absolute atomic E-state index is 12.7. The Morgan fingerprint density at radius 3 is 2.05 bits per heavy atom. The minimum absolute atomic E-state index is 0.236. The second-order valence-corrected chi connectivity index (χ2v) is 3.93. The van der Waals surface area contributed by atoms with Crippen molar-refractivity contribution in [3.05, 3.63) is 22.9 Å². The van der Waals surface area contributed by atoms with E-state index >= 15 is 0 Å². The summed E-state index contributed by atoms with van der Waals surface area (Å²) < 4.78 is 102. The van der Waals surface area contributed by atoms with Crippen molar-refractivity contribution in [1.82, 2.24) is 4.98 Å². The first-order chi connectivity index (χ1) is 8.95. The van der Waals surface area contributed by atoms with E-state index in [0.717, 1.165) is 0 Å². The molecule has 0 bridgehead atoms. The molecule has 1 aromatic rings. The fraction of sp³-hybridized carbons (Fsp3) is 0.444. The maximum Gasteiger partial charge on any atom is 0.574 e. The quantitative estimate of drug-likeness (QED) is 0.559. The molecule has 0 unspecified atom stereocenters. The Bertz CT molecular complexity index is 484. The van der Waals surface area contributed by atoms with Crippen LogP contribution >= 0.6 is 15.9 Å². The molecule has 0 amide bonds. The topological polar surface area (TPSA) is 22.1 Å². The smallest absolute Gasteiger partial charge is 0.387 e. The van der Waals surface area contributed by atoms with Crippen LogP contribution in [-0.4, -0.2) is 11.3 Å². The molecule has 1 aromatic heterocycles. The molecule has 0 aliphatic carbocycles. The predicted octanol–water partition coefficient (Wildman–Crippen LogP) is 4.83. The summed E-state index contributed by atoms with van der Waals surface area (Å²) in [6.45, 7) is 0. The van der Waals surface area contributed by atoms with Crippen LogP contribution in [0.5, 0.6) is 5.88 Å². The van der Waals surface area contributed by atoms with Gasteiger partial charge in [0.25, 0.3) is 6.43 Å². The van der Waals surface area contributed by atoms with Gasteiger partial charge in [0.2, 0.25) is 5.88 Å². The molecule has 1 heterocycles. The first-order valence-electron chi connectivity index (χ1n) is 4.66. The van der Waals surface area contributed by atoms with Crippen molar-refractivity contribution in [3.63, 3.8) is 0 Å². The van der Waals surface area contributed by atoms with Crippen LogP contribution in [0.1, 0.15) is 23.2 Å². The highest BCUT2D eigenvalue weighted by atomic mass is 79.9. The van der Waals surface area contributed by atoms with Gasteiger partial charge in [-0.3, -0.25) is 0 Å². The molecule has 0 aromatic carbocycles. The zero-order valence-electron chi connectivity index (χ0n) is 9.12.